The number of nitrogens with zero attached hydrogens (tertiary/aromatic N) is 1. The Morgan fingerprint density at radius 3 is 2.29 bits per heavy atom. The number of benzene rings is 2. The molecule has 1 aliphatic rings. The molecular formula is C24H25ClN4O4S. The number of carbonyl (C=O) groups is 3. The summed E-state index contributed by atoms with van der Waals surface area (Å²) >= 11 is 7.56. The van der Waals surface area contributed by atoms with E-state index in [-0.39, 0.29) is 10.8 Å². The van der Waals surface area contributed by atoms with Crippen LogP contribution in [0.4, 0.5) is 0 Å². The highest BCUT2D eigenvalue weighted by Gasteiger charge is 2.19. The third-order valence-electron chi connectivity index (χ3n) is 5.65. The molecule has 0 spiro atoms. The van der Waals surface area contributed by atoms with Crippen LogP contribution in [0, 0.1) is 0 Å². The van der Waals surface area contributed by atoms with Crippen LogP contribution in [-0.2, 0) is 0 Å². The molecule has 1 fully saturated rings. The van der Waals surface area contributed by atoms with E-state index in [4.69, 9.17) is 16.3 Å². The number of carbonyl (C=O) groups excluding carboxylic acids is 3. The lowest BCUT2D eigenvalue weighted by Gasteiger charge is -2.14. The molecule has 0 unspecified atom stereocenters. The number of halogens is 1. The highest BCUT2D eigenvalue weighted by molar-refractivity contribution is 7.21. The average Bonchev–Trinajstić information content (AvgIpc) is 3.50. The van der Waals surface area contributed by atoms with Gasteiger partial charge in [-0.05, 0) is 68.4 Å². The summed E-state index contributed by atoms with van der Waals surface area (Å²) in [5.41, 5.74) is 5.55. The van der Waals surface area contributed by atoms with Crippen LogP contribution >= 0.6 is 22.9 Å². The van der Waals surface area contributed by atoms with Crippen molar-refractivity contribution < 1.29 is 19.1 Å². The lowest BCUT2D eigenvalue weighted by Crippen LogP contribution is -2.41. The molecule has 0 radical (unpaired) electrons. The third kappa shape index (κ3) is 5.49. The van der Waals surface area contributed by atoms with Crippen LogP contribution in [0.2, 0.25) is 5.02 Å². The standard InChI is InChI=1S/C24H25ClN4O4S/c1-33-17-8-9-18-19(14-17)34-21(20(18)25)24(32)28-27-23(31)16-6-4-15(5-7-16)22(30)26-10-13-29-11-2-3-12-29/h4-9,14H,2-3,10-13H2,1H3,(H,26,30)(H,27,31)(H,28,32). The summed E-state index contributed by atoms with van der Waals surface area (Å²) in [4.78, 5) is 39.9. The number of hydrogen-bond donors (Lipinski definition) is 3. The Morgan fingerprint density at radius 2 is 1.62 bits per heavy atom. The summed E-state index contributed by atoms with van der Waals surface area (Å²) in [6.07, 6.45) is 2.43. The molecule has 3 N–H and O–H groups in total. The minimum absolute atomic E-state index is 0.185. The largest absolute Gasteiger partial charge is 0.497 e. The van der Waals surface area contributed by atoms with Crippen molar-refractivity contribution >= 4 is 50.7 Å². The highest BCUT2D eigenvalue weighted by atomic mass is 35.5. The van der Waals surface area contributed by atoms with Crippen LogP contribution < -0.4 is 20.9 Å². The second-order valence-electron chi connectivity index (χ2n) is 7.90. The van der Waals surface area contributed by atoms with Crippen LogP contribution in [0.25, 0.3) is 10.1 Å². The molecule has 1 saturated heterocycles. The molecule has 2 heterocycles. The number of thiophene rings is 1. The van der Waals surface area contributed by atoms with Gasteiger partial charge in [0.15, 0.2) is 0 Å². The Hall–Kier alpha value is -3.14. The molecule has 0 aliphatic carbocycles. The van der Waals surface area contributed by atoms with E-state index in [1.165, 1.54) is 36.3 Å². The fraction of sp³-hybridized carbons (Fsp3) is 0.292. The molecule has 34 heavy (non-hydrogen) atoms. The van der Waals surface area contributed by atoms with E-state index in [0.29, 0.717) is 28.4 Å². The number of amides is 3. The molecule has 4 rings (SSSR count). The van der Waals surface area contributed by atoms with E-state index in [1.807, 2.05) is 0 Å². The summed E-state index contributed by atoms with van der Waals surface area (Å²) < 4.78 is 6.00. The topological polar surface area (TPSA) is 99.8 Å². The van der Waals surface area contributed by atoms with E-state index in [0.717, 1.165) is 29.7 Å². The van der Waals surface area contributed by atoms with Gasteiger partial charge in [0.2, 0.25) is 0 Å². The minimum Gasteiger partial charge on any atom is -0.497 e. The molecular weight excluding hydrogens is 476 g/mol. The molecule has 178 valence electrons. The van der Waals surface area contributed by atoms with Gasteiger partial charge in [0, 0.05) is 34.3 Å². The van der Waals surface area contributed by atoms with E-state index in [1.54, 1.807) is 37.4 Å². The van der Waals surface area contributed by atoms with Gasteiger partial charge in [-0.1, -0.05) is 11.6 Å². The van der Waals surface area contributed by atoms with E-state index in [2.05, 4.69) is 21.1 Å². The number of fused-ring (bicyclic) bond motifs is 1. The minimum atomic E-state index is -0.521. The van der Waals surface area contributed by atoms with Gasteiger partial charge in [-0.2, -0.15) is 0 Å². The highest BCUT2D eigenvalue weighted by Crippen LogP contribution is 2.37. The van der Waals surface area contributed by atoms with Crippen LogP contribution in [-0.4, -0.2) is 55.9 Å². The first-order chi connectivity index (χ1) is 16.5. The first-order valence-electron chi connectivity index (χ1n) is 10.9. The van der Waals surface area contributed by atoms with Gasteiger partial charge in [-0.15, -0.1) is 11.3 Å². The zero-order valence-electron chi connectivity index (χ0n) is 18.7. The Morgan fingerprint density at radius 1 is 0.971 bits per heavy atom. The molecule has 0 atom stereocenters. The Kier molecular flexibility index (Phi) is 7.66. The van der Waals surface area contributed by atoms with Crippen LogP contribution in [0.5, 0.6) is 5.75 Å². The number of likely N-dealkylation sites (tertiary alicyclic amines) is 1. The normalized spacial score (nSPS) is 13.6. The summed E-state index contributed by atoms with van der Waals surface area (Å²) in [5.74, 6) is -0.550. The van der Waals surface area contributed by atoms with Crippen molar-refractivity contribution in [1.29, 1.82) is 0 Å². The summed E-state index contributed by atoms with van der Waals surface area (Å²) in [6, 6.07) is 11.6. The summed E-state index contributed by atoms with van der Waals surface area (Å²) in [7, 11) is 1.56. The maximum atomic E-state index is 12.6. The van der Waals surface area contributed by atoms with Crippen molar-refractivity contribution in [3.05, 3.63) is 63.5 Å². The maximum Gasteiger partial charge on any atom is 0.281 e. The number of hydrazine groups is 1. The Balaban J connectivity index is 1.30. The lowest BCUT2D eigenvalue weighted by molar-refractivity contribution is 0.0849. The molecule has 10 heteroatoms. The van der Waals surface area contributed by atoms with Crippen molar-refractivity contribution in [3.8, 4) is 5.75 Å². The maximum absolute atomic E-state index is 12.6. The van der Waals surface area contributed by atoms with E-state index in [9.17, 15) is 14.4 Å². The number of methoxy groups -OCH3 is 1. The first-order valence-corrected chi connectivity index (χ1v) is 12.1. The molecule has 1 aromatic heterocycles. The summed E-state index contributed by atoms with van der Waals surface area (Å²) in [5, 5.41) is 3.95. The summed E-state index contributed by atoms with van der Waals surface area (Å²) in [6.45, 7) is 3.59. The molecule has 3 aromatic rings. The monoisotopic (exact) mass is 500 g/mol. The van der Waals surface area contributed by atoms with Crippen LogP contribution in [0.1, 0.15) is 43.2 Å². The lowest BCUT2D eigenvalue weighted by atomic mass is 10.1. The van der Waals surface area contributed by atoms with Crippen molar-refractivity contribution in [2.45, 2.75) is 12.8 Å². The van der Waals surface area contributed by atoms with E-state index >= 15 is 0 Å². The number of rotatable bonds is 7. The molecule has 0 bridgehead atoms. The van der Waals surface area contributed by atoms with Crippen LogP contribution in [0.15, 0.2) is 42.5 Å². The quantitative estimate of drug-likeness (QED) is 0.431. The average molecular weight is 501 g/mol. The fourth-order valence-electron chi connectivity index (χ4n) is 3.77. The third-order valence-corrected chi connectivity index (χ3v) is 7.31. The second-order valence-corrected chi connectivity index (χ2v) is 9.33. The number of nitrogens with one attached hydrogen (secondary N) is 3. The smallest absolute Gasteiger partial charge is 0.281 e. The molecule has 3 amide bonds. The van der Waals surface area contributed by atoms with Crippen molar-refractivity contribution in [2.24, 2.45) is 0 Å². The van der Waals surface area contributed by atoms with Gasteiger partial charge >= 0.3 is 0 Å². The van der Waals surface area contributed by atoms with Crippen molar-refractivity contribution in [2.75, 3.05) is 33.3 Å². The van der Waals surface area contributed by atoms with Crippen LogP contribution in [0.3, 0.4) is 0 Å². The van der Waals surface area contributed by atoms with E-state index < -0.39 is 11.8 Å². The SMILES string of the molecule is COc1ccc2c(Cl)c(C(=O)NNC(=O)c3ccc(C(=O)NCCN4CCCC4)cc3)sc2c1. The zero-order chi connectivity index (χ0) is 24.1. The predicted molar refractivity (Wildman–Crippen MR) is 133 cm³/mol. The van der Waals surface area contributed by atoms with Gasteiger partial charge in [0.05, 0.1) is 12.1 Å². The number of hydrogen-bond acceptors (Lipinski definition) is 6. The zero-order valence-corrected chi connectivity index (χ0v) is 20.2. The molecule has 1 aliphatic heterocycles. The Labute approximate surface area is 206 Å². The molecule has 0 saturated carbocycles. The number of ether oxygens (including phenoxy) is 1. The van der Waals surface area contributed by atoms with Gasteiger partial charge in [0.25, 0.3) is 17.7 Å². The van der Waals surface area contributed by atoms with Gasteiger partial charge < -0.3 is 15.0 Å². The molecule has 8 nitrogen and oxygen atoms in total. The van der Waals surface area contributed by atoms with Crippen molar-refractivity contribution in [3.63, 3.8) is 0 Å². The van der Waals surface area contributed by atoms with Gasteiger partial charge in [0.1, 0.15) is 10.6 Å². The van der Waals surface area contributed by atoms with Gasteiger partial charge in [-0.3, -0.25) is 25.2 Å². The predicted octanol–water partition coefficient (Wildman–Crippen LogP) is 3.46. The molecule has 2 aromatic carbocycles. The Bertz CT molecular complexity index is 1210. The fourth-order valence-corrected chi connectivity index (χ4v) is 5.21. The van der Waals surface area contributed by atoms with Crippen molar-refractivity contribution in [1.82, 2.24) is 21.1 Å². The first kappa shape index (κ1) is 24.0. The second kappa shape index (κ2) is 10.9. The van der Waals surface area contributed by atoms with Gasteiger partial charge in [-0.25, -0.2) is 0 Å².